The first kappa shape index (κ1) is 18.3. The molecule has 3 rings (SSSR count). The van der Waals surface area contributed by atoms with Gasteiger partial charge in [-0.25, -0.2) is 0 Å². The van der Waals surface area contributed by atoms with Crippen LogP contribution in [-0.2, 0) is 12.7 Å². The van der Waals surface area contributed by atoms with Gasteiger partial charge < -0.3 is 5.32 Å². The Labute approximate surface area is 149 Å². The molecule has 0 fully saturated rings. The topological polar surface area (TPSA) is 102 Å². The summed E-state index contributed by atoms with van der Waals surface area (Å²) < 4.78 is 39.7. The number of benzene rings is 1. The Kier molecular flexibility index (Phi) is 4.52. The molecule has 27 heavy (non-hydrogen) atoms. The number of hydrogen-bond donors (Lipinski definition) is 1. The molecule has 140 valence electrons. The fraction of sp³-hybridized carbons (Fsp3) is 0.188. The Bertz CT molecular complexity index is 1050. The molecule has 1 N–H and O–H groups in total. The Balaban J connectivity index is 1.86. The van der Waals surface area contributed by atoms with Crippen molar-refractivity contribution in [3.05, 3.63) is 69.2 Å². The number of pyridine rings is 1. The number of para-hydroxylation sites is 1. The number of rotatable bonds is 4. The van der Waals surface area contributed by atoms with E-state index in [2.05, 4.69) is 15.5 Å². The number of fused-ring (bicyclic) bond motifs is 1. The molecule has 2 aromatic heterocycles. The minimum Gasteiger partial charge on any atom is -0.344 e. The molecule has 0 bridgehead atoms. The van der Waals surface area contributed by atoms with E-state index in [-0.39, 0.29) is 29.3 Å². The normalized spacial score (nSPS) is 11.6. The summed E-state index contributed by atoms with van der Waals surface area (Å²) in [5.74, 6) is -0.686. The predicted molar refractivity (Wildman–Crippen MR) is 87.0 cm³/mol. The van der Waals surface area contributed by atoms with Crippen LogP contribution in [0.1, 0.15) is 27.3 Å². The molecule has 1 aromatic carbocycles. The van der Waals surface area contributed by atoms with Crippen molar-refractivity contribution in [1.82, 2.24) is 19.9 Å². The summed E-state index contributed by atoms with van der Waals surface area (Å²) in [5, 5.41) is 21.1. The number of amides is 1. The van der Waals surface area contributed by atoms with Gasteiger partial charge in [-0.2, -0.15) is 13.2 Å². The minimum atomic E-state index is -4.54. The van der Waals surface area contributed by atoms with Crippen molar-refractivity contribution in [2.75, 3.05) is 0 Å². The minimum absolute atomic E-state index is 0.0553. The molecular weight excluding hydrogens is 367 g/mol. The standard InChI is InChI=1S/C16H12F3N5O3/c1-9-3-2-4-11(14(9)24(26)27)15(25)20-7-13-22-21-12-6-5-10(8-23(12)13)16(17,18)19/h2-6,8H,7H2,1H3,(H,20,25). The summed E-state index contributed by atoms with van der Waals surface area (Å²) in [7, 11) is 0. The summed E-state index contributed by atoms with van der Waals surface area (Å²) in [6.45, 7) is 1.24. The van der Waals surface area contributed by atoms with Crippen molar-refractivity contribution < 1.29 is 22.9 Å². The van der Waals surface area contributed by atoms with Gasteiger partial charge in [0.25, 0.3) is 11.6 Å². The molecule has 0 atom stereocenters. The van der Waals surface area contributed by atoms with Crippen molar-refractivity contribution >= 4 is 17.2 Å². The second-order valence-electron chi connectivity index (χ2n) is 5.67. The van der Waals surface area contributed by atoms with Crippen molar-refractivity contribution in [3.63, 3.8) is 0 Å². The lowest BCUT2D eigenvalue weighted by atomic mass is 10.1. The smallest absolute Gasteiger partial charge is 0.344 e. The van der Waals surface area contributed by atoms with E-state index in [1.54, 1.807) is 0 Å². The second-order valence-corrected chi connectivity index (χ2v) is 5.67. The van der Waals surface area contributed by atoms with Gasteiger partial charge in [-0.1, -0.05) is 12.1 Å². The third-order valence-electron chi connectivity index (χ3n) is 3.87. The number of aromatic nitrogens is 3. The van der Waals surface area contributed by atoms with Gasteiger partial charge in [-0.15, -0.1) is 10.2 Å². The Morgan fingerprint density at radius 3 is 2.67 bits per heavy atom. The lowest BCUT2D eigenvalue weighted by Gasteiger charge is -2.08. The van der Waals surface area contributed by atoms with Gasteiger partial charge in [0.2, 0.25) is 0 Å². The molecule has 2 heterocycles. The zero-order chi connectivity index (χ0) is 19.8. The summed E-state index contributed by atoms with van der Waals surface area (Å²) in [5.41, 5.74) is -0.883. The zero-order valence-corrected chi connectivity index (χ0v) is 13.8. The van der Waals surface area contributed by atoms with E-state index in [1.165, 1.54) is 25.1 Å². The fourth-order valence-electron chi connectivity index (χ4n) is 2.57. The molecule has 0 radical (unpaired) electrons. The van der Waals surface area contributed by atoms with E-state index in [1.807, 2.05) is 0 Å². The number of halogens is 3. The number of nitro groups is 1. The number of alkyl halides is 3. The van der Waals surface area contributed by atoms with Crippen molar-refractivity contribution in [2.24, 2.45) is 0 Å². The summed E-state index contributed by atoms with van der Waals surface area (Å²) in [6.07, 6.45) is -3.72. The van der Waals surface area contributed by atoms with E-state index in [0.29, 0.717) is 5.56 Å². The Morgan fingerprint density at radius 1 is 1.26 bits per heavy atom. The maximum Gasteiger partial charge on any atom is 0.417 e. The number of nitrogens with zero attached hydrogens (tertiary/aromatic N) is 4. The highest BCUT2D eigenvalue weighted by Crippen LogP contribution is 2.29. The highest BCUT2D eigenvalue weighted by molar-refractivity contribution is 5.98. The molecule has 0 spiro atoms. The molecule has 0 saturated carbocycles. The number of nitro benzene ring substituents is 1. The molecule has 0 aliphatic carbocycles. The summed E-state index contributed by atoms with van der Waals surface area (Å²) in [6, 6.07) is 6.33. The number of hydrogen-bond acceptors (Lipinski definition) is 5. The lowest BCUT2D eigenvalue weighted by Crippen LogP contribution is -2.25. The number of aryl methyl sites for hydroxylation is 1. The maximum atomic E-state index is 12.9. The van der Waals surface area contributed by atoms with Crippen LogP contribution in [0.15, 0.2) is 36.5 Å². The third kappa shape index (κ3) is 3.57. The molecule has 11 heteroatoms. The van der Waals surface area contributed by atoms with Crippen molar-refractivity contribution in [2.45, 2.75) is 19.6 Å². The number of carbonyl (C=O) groups excluding carboxylic acids is 1. The van der Waals surface area contributed by atoms with E-state index in [9.17, 15) is 28.1 Å². The first-order valence-corrected chi connectivity index (χ1v) is 7.61. The van der Waals surface area contributed by atoms with Gasteiger partial charge in [0.15, 0.2) is 11.5 Å². The van der Waals surface area contributed by atoms with Crippen LogP contribution < -0.4 is 5.32 Å². The Hall–Kier alpha value is -3.50. The zero-order valence-electron chi connectivity index (χ0n) is 13.8. The van der Waals surface area contributed by atoms with Crippen LogP contribution in [0.25, 0.3) is 5.65 Å². The number of nitrogens with one attached hydrogen (secondary N) is 1. The molecule has 0 unspecified atom stereocenters. The second kappa shape index (κ2) is 6.67. The van der Waals surface area contributed by atoms with Gasteiger partial charge in [0, 0.05) is 11.8 Å². The van der Waals surface area contributed by atoms with Crippen LogP contribution in [0.5, 0.6) is 0 Å². The summed E-state index contributed by atoms with van der Waals surface area (Å²) >= 11 is 0. The molecule has 0 saturated heterocycles. The van der Waals surface area contributed by atoms with E-state index in [4.69, 9.17) is 0 Å². The largest absolute Gasteiger partial charge is 0.417 e. The van der Waals surface area contributed by atoms with Crippen LogP contribution >= 0.6 is 0 Å². The van der Waals surface area contributed by atoms with Gasteiger partial charge in [0.1, 0.15) is 5.56 Å². The van der Waals surface area contributed by atoms with Crippen molar-refractivity contribution in [1.29, 1.82) is 0 Å². The van der Waals surface area contributed by atoms with Gasteiger partial charge in [-0.3, -0.25) is 19.3 Å². The first-order valence-electron chi connectivity index (χ1n) is 7.61. The monoisotopic (exact) mass is 379 g/mol. The highest BCUT2D eigenvalue weighted by Gasteiger charge is 2.31. The van der Waals surface area contributed by atoms with E-state index in [0.717, 1.165) is 22.7 Å². The van der Waals surface area contributed by atoms with Crippen LogP contribution in [-0.4, -0.2) is 25.4 Å². The first-order chi connectivity index (χ1) is 12.7. The van der Waals surface area contributed by atoms with Crippen LogP contribution in [0.2, 0.25) is 0 Å². The van der Waals surface area contributed by atoms with Gasteiger partial charge >= 0.3 is 6.18 Å². The molecular formula is C16H12F3N5O3. The average Bonchev–Trinajstić information content (AvgIpc) is 3.00. The van der Waals surface area contributed by atoms with E-state index < -0.39 is 22.6 Å². The van der Waals surface area contributed by atoms with E-state index >= 15 is 0 Å². The average molecular weight is 379 g/mol. The predicted octanol–water partition coefficient (Wildman–Crippen LogP) is 2.89. The van der Waals surface area contributed by atoms with Crippen LogP contribution in [0, 0.1) is 17.0 Å². The highest BCUT2D eigenvalue weighted by atomic mass is 19.4. The summed E-state index contributed by atoms with van der Waals surface area (Å²) in [4.78, 5) is 22.8. The quantitative estimate of drug-likeness (QED) is 0.555. The fourth-order valence-corrected chi connectivity index (χ4v) is 2.57. The van der Waals surface area contributed by atoms with Crippen molar-refractivity contribution in [3.8, 4) is 0 Å². The maximum absolute atomic E-state index is 12.9. The molecule has 0 aliphatic heterocycles. The van der Waals surface area contributed by atoms with Gasteiger partial charge in [0.05, 0.1) is 17.0 Å². The molecule has 8 nitrogen and oxygen atoms in total. The molecule has 3 aromatic rings. The van der Waals surface area contributed by atoms with Gasteiger partial charge in [-0.05, 0) is 25.1 Å². The lowest BCUT2D eigenvalue weighted by molar-refractivity contribution is -0.385. The molecule has 1 amide bonds. The molecule has 0 aliphatic rings. The van der Waals surface area contributed by atoms with Crippen LogP contribution in [0.3, 0.4) is 0 Å². The number of carbonyl (C=O) groups is 1. The van der Waals surface area contributed by atoms with Crippen LogP contribution in [0.4, 0.5) is 18.9 Å². The SMILES string of the molecule is Cc1cccc(C(=O)NCc2nnc3ccc(C(F)(F)F)cn23)c1[N+](=O)[O-]. The Morgan fingerprint density at radius 2 is 2.00 bits per heavy atom. The third-order valence-corrected chi connectivity index (χ3v) is 3.87.